The first-order chi connectivity index (χ1) is 18.1. The van der Waals surface area contributed by atoms with Crippen LogP contribution in [0.5, 0.6) is 0 Å². The van der Waals surface area contributed by atoms with Crippen molar-refractivity contribution in [2.75, 3.05) is 46.0 Å². The van der Waals surface area contributed by atoms with Crippen LogP contribution in [0.2, 0.25) is 0 Å². The topological polar surface area (TPSA) is 94.0 Å². The molecule has 3 heterocycles. The van der Waals surface area contributed by atoms with Crippen molar-refractivity contribution >= 4 is 15.7 Å². The smallest absolute Gasteiger partial charge is 0.228 e. The Morgan fingerprint density at radius 3 is 2.53 bits per heavy atom. The third kappa shape index (κ3) is 8.11. The maximum absolute atomic E-state index is 13.5. The van der Waals surface area contributed by atoms with Crippen molar-refractivity contribution in [1.29, 1.82) is 0 Å². The molecule has 38 heavy (non-hydrogen) atoms. The molecule has 1 aromatic carbocycles. The fourth-order valence-electron chi connectivity index (χ4n) is 4.95. The maximum Gasteiger partial charge on any atom is 0.228 e. The number of amides is 1. The molecule has 4 rings (SSSR count). The van der Waals surface area contributed by atoms with Gasteiger partial charge >= 0.3 is 0 Å². The number of hydrogen-bond acceptors (Lipinski definition) is 7. The van der Waals surface area contributed by atoms with E-state index in [4.69, 9.17) is 9.47 Å². The summed E-state index contributed by atoms with van der Waals surface area (Å²) < 4.78 is 40.2. The summed E-state index contributed by atoms with van der Waals surface area (Å²) in [5.41, 5.74) is 1.28. The molecule has 0 unspecified atom stereocenters. The van der Waals surface area contributed by atoms with Gasteiger partial charge in [0, 0.05) is 39.2 Å². The van der Waals surface area contributed by atoms with E-state index in [1.807, 2.05) is 35.2 Å². The van der Waals surface area contributed by atoms with Gasteiger partial charge in [-0.15, -0.1) is 0 Å². The molecule has 0 N–H and O–H groups in total. The summed E-state index contributed by atoms with van der Waals surface area (Å²) in [6.07, 6.45) is 3.80. The summed E-state index contributed by atoms with van der Waals surface area (Å²) in [5, 5.41) is 0.0447. The van der Waals surface area contributed by atoms with Crippen molar-refractivity contribution < 1.29 is 22.7 Å². The SMILES string of the molecule is CC(C)(C)CC(=O)N(CCN1CCOCC1)Cc1cnc(S(=O)(=O)Cc2ccccc2)n1C[C@@H]1CCCO1. The van der Waals surface area contributed by atoms with E-state index < -0.39 is 9.84 Å². The minimum atomic E-state index is -3.71. The van der Waals surface area contributed by atoms with Gasteiger partial charge in [-0.2, -0.15) is 0 Å². The first-order valence-corrected chi connectivity index (χ1v) is 15.3. The van der Waals surface area contributed by atoms with E-state index in [1.54, 1.807) is 10.8 Å². The molecule has 0 radical (unpaired) electrons. The van der Waals surface area contributed by atoms with Crippen LogP contribution < -0.4 is 0 Å². The second kappa shape index (κ2) is 12.7. The van der Waals surface area contributed by atoms with Gasteiger partial charge in [-0.3, -0.25) is 9.69 Å². The van der Waals surface area contributed by atoms with Gasteiger partial charge in [-0.05, 0) is 23.8 Å². The Kier molecular flexibility index (Phi) is 9.62. The van der Waals surface area contributed by atoms with Gasteiger partial charge in [0.25, 0.3) is 0 Å². The molecule has 2 aromatic rings. The lowest BCUT2D eigenvalue weighted by molar-refractivity contribution is -0.134. The van der Waals surface area contributed by atoms with E-state index in [0.29, 0.717) is 51.4 Å². The summed E-state index contributed by atoms with van der Waals surface area (Å²) in [6, 6.07) is 9.16. The van der Waals surface area contributed by atoms with Crippen molar-refractivity contribution in [3.63, 3.8) is 0 Å². The number of carbonyl (C=O) groups is 1. The van der Waals surface area contributed by atoms with Crippen molar-refractivity contribution in [2.45, 2.75) is 70.1 Å². The van der Waals surface area contributed by atoms with Crippen LogP contribution in [0.3, 0.4) is 0 Å². The average Bonchev–Trinajstić information content (AvgIpc) is 3.52. The molecule has 2 aliphatic heterocycles. The van der Waals surface area contributed by atoms with E-state index in [1.165, 1.54) is 0 Å². The number of benzene rings is 1. The predicted molar refractivity (Wildman–Crippen MR) is 145 cm³/mol. The predicted octanol–water partition coefficient (Wildman–Crippen LogP) is 3.13. The Morgan fingerprint density at radius 2 is 1.87 bits per heavy atom. The van der Waals surface area contributed by atoms with Gasteiger partial charge in [0.05, 0.1) is 50.1 Å². The van der Waals surface area contributed by atoms with Crippen molar-refractivity contribution in [1.82, 2.24) is 19.4 Å². The summed E-state index contributed by atoms with van der Waals surface area (Å²) in [6.45, 7) is 12.0. The Morgan fingerprint density at radius 1 is 1.13 bits per heavy atom. The standard InChI is InChI=1S/C28H42N4O5S/c1-28(2,3)18-26(33)31(12-11-30-13-16-36-17-14-30)20-24-19-29-27(32(24)21-25-10-7-15-37-25)38(34,35)22-23-8-5-4-6-9-23/h4-6,8-9,19,25H,7,10-18,20-22H2,1-3H3/t25-/m0/s1. The molecule has 1 amide bonds. The van der Waals surface area contributed by atoms with Crippen LogP contribution in [0.15, 0.2) is 41.7 Å². The Bertz CT molecular complexity index is 1150. The summed E-state index contributed by atoms with van der Waals surface area (Å²) in [5.74, 6) is -0.0659. The van der Waals surface area contributed by atoms with Crippen LogP contribution >= 0.6 is 0 Å². The molecule has 2 saturated heterocycles. The highest BCUT2D eigenvalue weighted by Crippen LogP contribution is 2.24. The van der Waals surface area contributed by atoms with Gasteiger partial charge in [-0.25, -0.2) is 13.4 Å². The van der Waals surface area contributed by atoms with Crippen molar-refractivity contribution in [3.8, 4) is 0 Å². The molecule has 0 aliphatic carbocycles. The maximum atomic E-state index is 13.5. The van der Waals surface area contributed by atoms with Gasteiger partial charge in [-0.1, -0.05) is 51.1 Å². The molecule has 9 nitrogen and oxygen atoms in total. The number of nitrogens with zero attached hydrogens (tertiary/aromatic N) is 4. The molecule has 0 saturated carbocycles. The van der Waals surface area contributed by atoms with Gasteiger partial charge in [0.15, 0.2) is 0 Å². The normalized spacial score (nSPS) is 19.1. The van der Waals surface area contributed by atoms with E-state index in [9.17, 15) is 13.2 Å². The molecular formula is C28H42N4O5S. The monoisotopic (exact) mass is 546 g/mol. The lowest BCUT2D eigenvalue weighted by Crippen LogP contribution is -2.43. The number of aromatic nitrogens is 2. The molecule has 210 valence electrons. The van der Waals surface area contributed by atoms with Crippen LogP contribution in [0.1, 0.15) is 51.3 Å². The molecule has 10 heteroatoms. The van der Waals surface area contributed by atoms with Gasteiger partial charge in [0.2, 0.25) is 20.9 Å². The highest BCUT2D eigenvalue weighted by molar-refractivity contribution is 7.90. The number of morpholine rings is 1. The average molecular weight is 547 g/mol. The number of carbonyl (C=O) groups excluding carboxylic acids is 1. The fourth-order valence-corrected chi connectivity index (χ4v) is 6.45. The summed E-state index contributed by atoms with van der Waals surface area (Å²) in [7, 11) is -3.71. The number of rotatable bonds is 11. The van der Waals surface area contributed by atoms with Crippen LogP contribution in [0.25, 0.3) is 0 Å². The number of ether oxygens (including phenoxy) is 2. The van der Waals surface area contributed by atoms with Gasteiger partial charge < -0.3 is 18.9 Å². The highest BCUT2D eigenvalue weighted by atomic mass is 32.2. The Hall–Kier alpha value is -2.27. The second-order valence-electron chi connectivity index (χ2n) is 11.5. The van der Waals surface area contributed by atoms with E-state index >= 15 is 0 Å². The Balaban J connectivity index is 1.60. The first-order valence-electron chi connectivity index (χ1n) is 13.6. The quantitative estimate of drug-likeness (QED) is 0.427. The minimum absolute atomic E-state index is 0.0447. The van der Waals surface area contributed by atoms with Crippen molar-refractivity contribution in [3.05, 3.63) is 47.8 Å². The molecule has 2 fully saturated rings. The largest absolute Gasteiger partial charge is 0.379 e. The van der Waals surface area contributed by atoms with Gasteiger partial charge in [0.1, 0.15) is 0 Å². The number of sulfone groups is 1. The lowest BCUT2D eigenvalue weighted by Gasteiger charge is -2.31. The van der Waals surface area contributed by atoms with E-state index in [2.05, 4.69) is 30.7 Å². The zero-order chi connectivity index (χ0) is 27.2. The highest BCUT2D eigenvalue weighted by Gasteiger charge is 2.29. The first kappa shape index (κ1) is 28.7. The van der Waals surface area contributed by atoms with Crippen LogP contribution in [-0.4, -0.2) is 85.8 Å². The summed E-state index contributed by atoms with van der Waals surface area (Å²) in [4.78, 5) is 22.0. The molecule has 0 bridgehead atoms. The molecule has 1 aromatic heterocycles. The molecular weight excluding hydrogens is 504 g/mol. The van der Waals surface area contributed by atoms with Crippen LogP contribution in [0, 0.1) is 5.41 Å². The third-order valence-electron chi connectivity index (χ3n) is 6.97. The minimum Gasteiger partial charge on any atom is -0.379 e. The molecule has 2 aliphatic rings. The Labute approximate surface area is 227 Å². The third-order valence-corrected chi connectivity index (χ3v) is 8.56. The number of imidazole rings is 1. The lowest BCUT2D eigenvalue weighted by atomic mass is 9.91. The summed E-state index contributed by atoms with van der Waals surface area (Å²) >= 11 is 0. The zero-order valence-electron chi connectivity index (χ0n) is 23.0. The van der Waals surface area contributed by atoms with E-state index in [-0.39, 0.29) is 28.3 Å². The molecule has 0 spiro atoms. The van der Waals surface area contributed by atoms with Crippen molar-refractivity contribution in [2.24, 2.45) is 5.41 Å². The van der Waals surface area contributed by atoms with Crippen LogP contribution in [0.4, 0.5) is 0 Å². The van der Waals surface area contributed by atoms with E-state index in [0.717, 1.165) is 38.2 Å². The number of hydrogen-bond donors (Lipinski definition) is 0. The second-order valence-corrected chi connectivity index (χ2v) is 13.4. The fraction of sp³-hybridized carbons (Fsp3) is 0.643. The zero-order valence-corrected chi connectivity index (χ0v) is 23.8. The van der Waals surface area contributed by atoms with Crippen LogP contribution in [-0.2, 0) is 42.9 Å². The molecule has 1 atom stereocenters.